The second-order valence-electron chi connectivity index (χ2n) is 7.43. The quantitative estimate of drug-likeness (QED) is 0.292. The number of piperidine rings is 1. The van der Waals surface area contributed by atoms with E-state index in [2.05, 4.69) is 35.0 Å². The molecule has 0 aliphatic carbocycles. The van der Waals surface area contributed by atoms with Gasteiger partial charge in [0.25, 0.3) is 11.6 Å². The van der Waals surface area contributed by atoms with Gasteiger partial charge in [0.1, 0.15) is 5.02 Å². The first-order valence-corrected chi connectivity index (χ1v) is 11.8. The number of aromatic nitrogens is 1. The second kappa shape index (κ2) is 9.06. The van der Waals surface area contributed by atoms with Gasteiger partial charge in [-0.05, 0) is 38.0 Å². The van der Waals surface area contributed by atoms with Crippen LogP contribution in [0.2, 0.25) is 5.02 Å². The van der Waals surface area contributed by atoms with Crippen molar-refractivity contribution in [1.82, 2.24) is 9.88 Å². The van der Waals surface area contributed by atoms with Gasteiger partial charge in [-0.25, -0.2) is 4.98 Å². The summed E-state index contributed by atoms with van der Waals surface area (Å²) in [5.74, 6) is 0.0237. The number of amides is 1. The van der Waals surface area contributed by atoms with Crippen molar-refractivity contribution >= 4 is 50.5 Å². The molecule has 9 heteroatoms. The van der Waals surface area contributed by atoms with Crippen molar-refractivity contribution < 1.29 is 9.72 Å². The molecule has 6 nitrogen and oxygen atoms in total. The van der Waals surface area contributed by atoms with Gasteiger partial charge in [-0.2, -0.15) is 0 Å². The van der Waals surface area contributed by atoms with Crippen LogP contribution in [0.25, 0.3) is 11.3 Å². The fourth-order valence-corrected chi connectivity index (χ4v) is 5.45. The molecule has 160 valence electrons. The summed E-state index contributed by atoms with van der Waals surface area (Å²) in [4.78, 5) is 31.3. The molecule has 1 aromatic heterocycles. The number of nitrogens with zero attached hydrogens (tertiary/aromatic N) is 3. The maximum atomic E-state index is 12.9. The number of nitro groups is 1. The first-order chi connectivity index (χ1) is 14.8. The maximum absolute atomic E-state index is 12.9. The SMILES string of the molecule is Cc1sc(C2CCN(C(=O)c3cccc([N+](=O)[O-])c3Cl)CC2)nc1-c1ccc(Br)cc1. The van der Waals surface area contributed by atoms with Crippen LogP contribution in [0.15, 0.2) is 46.9 Å². The Balaban J connectivity index is 1.46. The van der Waals surface area contributed by atoms with Crippen LogP contribution in [-0.2, 0) is 0 Å². The Morgan fingerprint density at radius 3 is 2.55 bits per heavy atom. The molecule has 4 rings (SSSR count). The third kappa shape index (κ3) is 4.51. The molecular weight excluding hydrogens is 502 g/mol. The third-order valence-corrected chi connectivity index (χ3v) is 7.53. The minimum absolute atomic E-state index is 0.102. The van der Waals surface area contributed by atoms with Gasteiger partial charge in [-0.15, -0.1) is 11.3 Å². The van der Waals surface area contributed by atoms with E-state index in [1.165, 1.54) is 17.0 Å². The first-order valence-electron chi connectivity index (χ1n) is 9.80. The molecule has 1 aliphatic heterocycles. The van der Waals surface area contributed by atoms with Gasteiger partial charge in [-0.3, -0.25) is 14.9 Å². The first kappa shape index (κ1) is 21.9. The maximum Gasteiger partial charge on any atom is 0.288 e. The van der Waals surface area contributed by atoms with Gasteiger partial charge in [0.15, 0.2) is 0 Å². The molecule has 1 saturated heterocycles. The van der Waals surface area contributed by atoms with E-state index in [1.54, 1.807) is 22.3 Å². The number of hydrogen-bond acceptors (Lipinski definition) is 5. The number of rotatable bonds is 4. The lowest BCUT2D eigenvalue weighted by molar-refractivity contribution is -0.384. The summed E-state index contributed by atoms with van der Waals surface area (Å²) in [6.07, 6.45) is 1.59. The predicted molar refractivity (Wildman–Crippen MR) is 126 cm³/mol. The Labute approximate surface area is 197 Å². The average Bonchev–Trinajstić information content (AvgIpc) is 3.15. The Morgan fingerprint density at radius 1 is 1.23 bits per heavy atom. The highest BCUT2D eigenvalue weighted by Crippen LogP contribution is 2.37. The Hall–Kier alpha value is -2.29. The van der Waals surface area contributed by atoms with Crippen LogP contribution in [0.4, 0.5) is 5.69 Å². The van der Waals surface area contributed by atoms with E-state index >= 15 is 0 Å². The van der Waals surface area contributed by atoms with Gasteiger partial charge in [-0.1, -0.05) is 45.7 Å². The van der Waals surface area contributed by atoms with Crippen molar-refractivity contribution in [3.05, 3.63) is 77.5 Å². The minimum atomic E-state index is -0.570. The van der Waals surface area contributed by atoms with Gasteiger partial charge < -0.3 is 4.90 Å². The molecule has 0 unspecified atom stereocenters. The van der Waals surface area contributed by atoms with E-state index in [4.69, 9.17) is 16.6 Å². The molecule has 1 aliphatic rings. The van der Waals surface area contributed by atoms with Crippen molar-refractivity contribution in [2.24, 2.45) is 0 Å². The summed E-state index contributed by atoms with van der Waals surface area (Å²) in [5.41, 5.74) is 2.03. The highest BCUT2D eigenvalue weighted by atomic mass is 79.9. The smallest absolute Gasteiger partial charge is 0.288 e. The van der Waals surface area contributed by atoms with Crippen molar-refractivity contribution in [3.63, 3.8) is 0 Å². The van der Waals surface area contributed by atoms with E-state index < -0.39 is 4.92 Å². The van der Waals surface area contributed by atoms with Crippen molar-refractivity contribution in [2.75, 3.05) is 13.1 Å². The molecule has 3 aromatic rings. The molecule has 0 radical (unpaired) electrons. The summed E-state index contributed by atoms with van der Waals surface area (Å²) in [5, 5.41) is 12.1. The van der Waals surface area contributed by atoms with Crippen LogP contribution in [0.5, 0.6) is 0 Å². The molecule has 0 spiro atoms. The summed E-state index contributed by atoms with van der Waals surface area (Å²) >= 11 is 11.3. The molecule has 0 N–H and O–H groups in total. The zero-order valence-electron chi connectivity index (χ0n) is 16.7. The van der Waals surface area contributed by atoms with Gasteiger partial charge in [0.2, 0.25) is 0 Å². The van der Waals surface area contributed by atoms with E-state index in [-0.39, 0.29) is 28.1 Å². The van der Waals surface area contributed by atoms with Gasteiger partial charge in [0.05, 0.1) is 21.2 Å². The number of halogens is 2. The van der Waals surface area contributed by atoms with Gasteiger partial charge >= 0.3 is 0 Å². The third-order valence-electron chi connectivity index (χ3n) is 5.47. The molecule has 31 heavy (non-hydrogen) atoms. The number of thiazole rings is 1. The lowest BCUT2D eigenvalue weighted by atomic mass is 9.97. The van der Waals surface area contributed by atoms with Crippen LogP contribution < -0.4 is 0 Å². The zero-order chi connectivity index (χ0) is 22.1. The zero-order valence-corrected chi connectivity index (χ0v) is 19.8. The number of carbonyl (C=O) groups excluding carboxylic acids is 1. The van der Waals surface area contributed by atoms with Crippen LogP contribution in [0.1, 0.15) is 39.0 Å². The van der Waals surface area contributed by atoms with E-state index in [9.17, 15) is 14.9 Å². The fourth-order valence-electron chi connectivity index (χ4n) is 3.79. The van der Waals surface area contributed by atoms with E-state index in [1.807, 2.05) is 12.1 Å². The van der Waals surface area contributed by atoms with E-state index in [0.29, 0.717) is 13.1 Å². The fraction of sp³-hybridized carbons (Fsp3) is 0.273. The van der Waals surface area contributed by atoms with Gasteiger partial charge in [0, 0.05) is 40.0 Å². The van der Waals surface area contributed by atoms with Crippen LogP contribution >= 0.6 is 38.9 Å². The Kier molecular flexibility index (Phi) is 6.41. The van der Waals surface area contributed by atoms with Crippen molar-refractivity contribution in [2.45, 2.75) is 25.7 Å². The predicted octanol–water partition coefficient (Wildman–Crippen LogP) is 6.46. The van der Waals surface area contributed by atoms with Crippen LogP contribution in [0.3, 0.4) is 0 Å². The normalized spacial score (nSPS) is 14.6. The minimum Gasteiger partial charge on any atom is -0.339 e. The summed E-state index contributed by atoms with van der Waals surface area (Å²) in [7, 11) is 0. The number of hydrogen-bond donors (Lipinski definition) is 0. The number of carbonyl (C=O) groups is 1. The number of likely N-dealkylation sites (tertiary alicyclic amines) is 1. The van der Waals surface area contributed by atoms with Crippen molar-refractivity contribution in [1.29, 1.82) is 0 Å². The average molecular weight is 521 g/mol. The lowest BCUT2D eigenvalue weighted by Crippen LogP contribution is -2.38. The highest BCUT2D eigenvalue weighted by Gasteiger charge is 2.29. The summed E-state index contributed by atoms with van der Waals surface area (Å²) in [6.45, 7) is 3.21. The molecular formula is C22H19BrClN3O3S. The monoisotopic (exact) mass is 519 g/mol. The summed E-state index contributed by atoms with van der Waals surface area (Å²) < 4.78 is 1.03. The summed E-state index contributed by atoms with van der Waals surface area (Å²) in [6, 6.07) is 12.5. The standard InChI is InChI=1S/C22H19BrClN3O3S/c1-13-20(14-5-7-16(23)8-6-14)25-21(31-13)15-9-11-26(12-10-15)22(28)17-3-2-4-18(19(17)24)27(29)30/h2-8,15H,9-12H2,1H3. The Bertz CT molecular complexity index is 1140. The topological polar surface area (TPSA) is 76.3 Å². The molecule has 0 saturated carbocycles. The number of nitro benzene ring substituents is 1. The second-order valence-corrected chi connectivity index (χ2v) is 9.95. The highest BCUT2D eigenvalue weighted by molar-refractivity contribution is 9.10. The largest absolute Gasteiger partial charge is 0.339 e. The van der Waals surface area contributed by atoms with Crippen LogP contribution in [-0.4, -0.2) is 33.8 Å². The number of benzene rings is 2. The van der Waals surface area contributed by atoms with Crippen LogP contribution in [0, 0.1) is 17.0 Å². The van der Waals surface area contributed by atoms with E-state index in [0.717, 1.165) is 33.6 Å². The number of aryl methyl sites for hydroxylation is 1. The lowest BCUT2D eigenvalue weighted by Gasteiger charge is -2.31. The molecule has 0 atom stereocenters. The Morgan fingerprint density at radius 2 is 1.90 bits per heavy atom. The van der Waals surface area contributed by atoms with Crippen molar-refractivity contribution in [3.8, 4) is 11.3 Å². The molecule has 0 bridgehead atoms. The molecule has 2 heterocycles. The molecule has 1 amide bonds. The molecule has 2 aromatic carbocycles. The molecule has 1 fully saturated rings.